The molecule has 3 nitrogen and oxygen atoms in total. The third-order valence-electron chi connectivity index (χ3n) is 3.84. The molecule has 0 fully saturated rings. The topological polar surface area (TPSA) is 50.2 Å². The van der Waals surface area contributed by atoms with E-state index in [0.29, 0.717) is 0 Å². The highest BCUT2D eigenvalue weighted by Crippen LogP contribution is 2.20. The van der Waals surface area contributed by atoms with Gasteiger partial charge >= 0.3 is 5.97 Å². The monoisotopic (exact) mass is 297 g/mol. The first-order valence-electron chi connectivity index (χ1n) is 7.99. The maximum absolute atomic E-state index is 10.8. The molecule has 0 aliphatic carbocycles. The van der Waals surface area contributed by atoms with Gasteiger partial charge in [-0.2, -0.15) is 0 Å². The maximum atomic E-state index is 10.8. The second-order valence-corrected chi connectivity index (χ2v) is 5.60. The first-order chi connectivity index (χ1) is 10.7. The second kappa shape index (κ2) is 8.32. The van der Waals surface area contributed by atoms with E-state index in [1.165, 1.54) is 37.7 Å². The molecule has 0 aliphatic rings. The number of hydrogen-bond acceptors (Lipinski definition) is 2. The van der Waals surface area contributed by atoms with Gasteiger partial charge in [-0.15, -0.1) is 0 Å². The molecule has 1 heterocycles. The van der Waals surface area contributed by atoms with Crippen molar-refractivity contribution in [1.29, 1.82) is 0 Å². The number of hydrogen-bond donors (Lipinski definition) is 1. The molecule has 1 aromatic carbocycles. The number of carbonyl (C=O) groups is 1. The molecule has 0 atom stereocenters. The lowest BCUT2D eigenvalue weighted by atomic mass is 10.0. The molecule has 0 saturated carbocycles. The van der Waals surface area contributed by atoms with Crippen LogP contribution in [0.3, 0.4) is 0 Å². The highest BCUT2D eigenvalue weighted by molar-refractivity contribution is 5.85. The van der Waals surface area contributed by atoms with E-state index in [4.69, 9.17) is 5.11 Å². The standard InChI is InChI=1S/C19H23NO2/c1-2-3-4-5-6-7-15-8-10-16(11-9-15)17-12-13-18(19(21)22)20-14-17/h8-14H,2-7H2,1H3,(H,21,22). The lowest BCUT2D eigenvalue weighted by Gasteiger charge is -2.05. The molecule has 0 bridgehead atoms. The van der Waals surface area contributed by atoms with E-state index in [0.717, 1.165) is 17.5 Å². The van der Waals surface area contributed by atoms with Gasteiger partial charge in [0, 0.05) is 11.8 Å². The van der Waals surface area contributed by atoms with Crippen LogP contribution in [0.2, 0.25) is 0 Å². The number of carboxylic acids is 1. The van der Waals surface area contributed by atoms with E-state index in [1.54, 1.807) is 18.3 Å². The summed E-state index contributed by atoms with van der Waals surface area (Å²) < 4.78 is 0. The van der Waals surface area contributed by atoms with Gasteiger partial charge in [-0.05, 0) is 30.0 Å². The van der Waals surface area contributed by atoms with Crippen molar-refractivity contribution < 1.29 is 9.90 Å². The average molecular weight is 297 g/mol. The average Bonchev–Trinajstić information content (AvgIpc) is 2.55. The third kappa shape index (κ3) is 4.69. The largest absolute Gasteiger partial charge is 0.477 e. The van der Waals surface area contributed by atoms with Crippen molar-refractivity contribution >= 4 is 5.97 Å². The molecule has 1 N–H and O–H groups in total. The number of benzene rings is 1. The van der Waals surface area contributed by atoms with Crippen LogP contribution in [0.25, 0.3) is 11.1 Å². The summed E-state index contributed by atoms with van der Waals surface area (Å²) in [7, 11) is 0. The zero-order chi connectivity index (χ0) is 15.8. The van der Waals surface area contributed by atoms with Crippen LogP contribution >= 0.6 is 0 Å². The predicted octanol–water partition coefficient (Wildman–Crippen LogP) is 4.96. The minimum Gasteiger partial charge on any atom is -0.477 e. The number of rotatable bonds is 8. The van der Waals surface area contributed by atoms with Crippen molar-refractivity contribution in [3.8, 4) is 11.1 Å². The molecule has 22 heavy (non-hydrogen) atoms. The second-order valence-electron chi connectivity index (χ2n) is 5.60. The smallest absolute Gasteiger partial charge is 0.354 e. The summed E-state index contributed by atoms with van der Waals surface area (Å²) in [6, 6.07) is 11.8. The van der Waals surface area contributed by atoms with Crippen molar-refractivity contribution in [3.63, 3.8) is 0 Å². The Labute approximate surface area is 132 Å². The maximum Gasteiger partial charge on any atom is 0.354 e. The van der Waals surface area contributed by atoms with Crippen molar-refractivity contribution in [1.82, 2.24) is 4.98 Å². The normalized spacial score (nSPS) is 10.6. The number of aryl methyl sites for hydroxylation is 1. The number of pyridine rings is 1. The number of aromatic nitrogens is 1. The molecule has 2 rings (SSSR count). The molecule has 1 aromatic heterocycles. The molecule has 116 valence electrons. The Morgan fingerprint density at radius 1 is 0.955 bits per heavy atom. The Morgan fingerprint density at radius 3 is 2.23 bits per heavy atom. The summed E-state index contributed by atoms with van der Waals surface area (Å²) in [6.07, 6.45) is 9.23. The Kier molecular flexibility index (Phi) is 6.13. The van der Waals surface area contributed by atoms with Crippen LogP contribution in [0.15, 0.2) is 42.6 Å². The van der Waals surface area contributed by atoms with Gasteiger partial charge in [0.1, 0.15) is 5.69 Å². The van der Waals surface area contributed by atoms with Gasteiger partial charge in [0.15, 0.2) is 0 Å². The molecule has 3 heteroatoms. The van der Waals surface area contributed by atoms with Gasteiger partial charge in [-0.1, -0.05) is 62.9 Å². The summed E-state index contributed by atoms with van der Waals surface area (Å²) in [4.78, 5) is 14.8. The minimum atomic E-state index is -0.995. The lowest BCUT2D eigenvalue weighted by molar-refractivity contribution is 0.0690. The first kappa shape index (κ1) is 16.2. The van der Waals surface area contributed by atoms with E-state index in [9.17, 15) is 4.79 Å². The number of unbranched alkanes of at least 4 members (excludes halogenated alkanes) is 4. The van der Waals surface area contributed by atoms with E-state index in [1.807, 2.05) is 0 Å². The van der Waals surface area contributed by atoms with E-state index in [-0.39, 0.29) is 5.69 Å². The number of aromatic carboxylic acids is 1. The van der Waals surface area contributed by atoms with Gasteiger partial charge in [0.2, 0.25) is 0 Å². The van der Waals surface area contributed by atoms with Gasteiger partial charge in [0.05, 0.1) is 0 Å². The number of carboxylic acid groups (broad SMARTS) is 1. The number of nitrogens with zero attached hydrogens (tertiary/aromatic N) is 1. The molecular weight excluding hydrogens is 274 g/mol. The third-order valence-corrected chi connectivity index (χ3v) is 3.84. The quantitative estimate of drug-likeness (QED) is 0.701. The minimum absolute atomic E-state index is 0.0763. The van der Waals surface area contributed by atoms with Crippen LogP contribution in [0.1, 0.15) is 55.1 Å². The van der Waals surface area contributed by atoms with Gasteiger partial charge in [0.25, 0.3) is 0 Å². The highest BCUT2D eigenvalue weighted by Gasteiger charge is 2.04. The van der Waals surface area contributed by atoms with Crippen molar-refractivity contribution in [2.75, 3.05) is 0 Å². The molecule has 0 spiro atoms. The summed E-state index contributed by atoms with van der Waals surface area (Å²) >= 11 is 0. The summed E-state index contributed by atoms with van der Waals surface area (Å²) in [5.74, 6) is -0.995. The highest BCUT2D eigenvalue weighted by atomic mass is 16.4. The Bertz CT molecular complexity index is 588. The van der Waals surface area contributed by atoms with Crippen LogP contribution in [-0.2, 0) is 6.42 Å². The van der Waals surface area contributed by atoms with Gasteiger partial charge < -0.3 is 5.11 Å². The fraction of sp³-hybridized carbons (Fsp3) is 0.368. The molecule has 0 amide bonds. The zero-order valence-corrected chi connectivity index (χ0v) is 13.1. The van der Waals surface area contributed by atoms with Crippen molar-refractivity contribution in [2.45, 2.75) is 45.4 Å². The lowest BCUT2D eigenvalue weighted by Crippen LogP contribution is -1.99. The van der Waals surface area contributed by atoms with Crippen LogP contribution < -0.4 is 0 Å². The first-order valence-corrected chi connectivity index (χ1v) is 7.99. The molecule has 0 aliphatic heterocycles. The van der Waals surface area contributed by atoms with Crippen LogP contribution in [0, 0.1) is 0 Å². The summed E-state index contributed by atoms with van der Waals surface area (Å²) in [5.41, 5.74) is 3.45. The van der Waals surface area contributed by atoms with E-state index < -0.39 is 5.97 Å². The Hall–Kier alpha value is -2.16. The van der Waals surface area contributed by atoms with E-state index >= 15 is 0 Å². The van der Waals surface area contributed by atoms with Crippen molar-refractivity contribution in [3.05, 3.63) is 53.9 Å². The molecule has 2 aromatic rings. The fourth-order valence-electron chi connectivity index (χ4n) is 2.49. The van der Waals surface area contributed by atoms with E-state index in [2.05, 4.69) is 36.2 Å². The Balaban J connectivity index is 1.92. The van der Waals surface area contributed by atoms with Gasteiger partial charge in [-0.25, -0.2) is 9.78 Å². The fourth-order valence-corrected chi connectivity index (χ4v) is 2.49. The summed E-state index contributed by atoms with van der Waals surface area (Å²) in [5, 5.41) is 8.86. The van der Waals surface area contributed by atoms with Crippen LogP contribution in [0.5, 0.6) is 0 Å². The SMILES string of the molecule is CCCCCCCc1ccc(-c2ccc(C(=O)O)nc2)cc1. The molecular formula is C19H23NO2. The van der Waals surface area contributed by atoms with Gasteiger partial charge in [-0.3, -0.25) is 0 Å². The zero-order valence-electron chi connectivity index (χ0n) is 13.1. The summed E-state index contributed by atoms with van der Waals surface area (Å²) in [6.45, 7) is 2.23. The molecule has 0 saturated heterocycles. The van der Waals surface area contributed by atoms with Crippen LogP contribution in [-0.4, -0.2) is 16.1 Å². The molecule has 0 unspecified atom stereocenters. The Morgan fingerprint density at radius 2 is 1.64 bits per heavy atom. The predicted molar refractivity (Wildman–Crippen MR) is 89.1 cm³/mol. The van der Waals surface area contributed by atoms with Crippen LogP contribution in [0.4, 0.5) is 0 Å². The molecule has 0 radical (unpaired) electrons. The van der Waals surface area contributed by atoms with Crippen molar-refractivity contribution in [2.24, 2.45) is 0 Å².